The van der Waals surface area contributed by atoms with Crippen molar-refractivity contribution < 1.29 is 23.9 Å². The van der Waals surface area contributed by atoms with E-state index in [0.29, 0.717) is 23.5 Å². The second-order valence-electron chi connectivity index (χ2n) is 12.1. The van der Waals surface area contributed by atoms with Gasteiger partial charge >= 0.3 is 0 Å². The first kappa shape index (κ1) is 33.5. The summed E-state index contributed by atoms with van der Waals surface area (Å²) in [6, 6.07) is 21.6. The molecular weight excluding hydrogens is 540 g/mol. The van der Waals surface area contributed by atoms with Crippen LogP contribution in [0.3, 0.4) is 0 Å². The third kappa shape index (κ3) is 8.32. The van der Waals surface area contributed by atoms with Crippen LogP contribution in [0.2, 0.25) is 0 Å². The van der Waals surface area contributed by atoms with Crippen LogP contribution in [0.4, 0.5) is 11.4 Å². The number of benzene rings is 3. The fourth-order valence-corrected chi connectivity index (χ4v) is 4.64. The van der Waals surface area contributed by atoms with Crippen molar-refractivity contribution in [2.24, 2.45) is 0 Å². The van der Waals surface area contributed by atoms with Gasteiger partial charge in [0.2, 0.25) is 5.78 Å². The quantitative estimate of drug-likeness (QED) is 0.149. The molecule has 43 heavy (non-hydrogen) atoms. The molecule has 2 N–H and O–H groups in total. The molecule has 3 aromatic carbocycles. The molecule has 7 heteroatoms. The maximum absolute atomic E-state index is 13.4. The smallest absolute Gasteiger partial charge is 0.265 e. The predicted molar refractivity (Wildman–Crippen MR) is 173 cm³/mol. The lowest BCUT2D eigenvalue weighted by Crippen LogP contribution is -2.37. The molecule has 0 spiro atoms. The summed E-state index contributed by atoms with van der Waals surface area (Å²) in [5.41, 5.74) is 3.41. The van der Waals surface area contributed by atoms with Gasteiger partial charge in [-0.25, -0.2) is 0 Å². The van der Waals surface area contributed by atoms with Crippen molar-refractivity contribution in [3.05, 3.63) is 89.5 Å². The molecule has 0 saturated carbocycles. The fraction of sp³-hybridized carbons (Fsp3) is 0.417. The molecule has 0 aliphatic heterocycles. The summed E-state index contributed by atoms with van der Waals surface area (Å²) in [7, 11) is 1.31. The van der Waals surface area contributed by atoms with E-state index in [0.717, 1.165) is 18.4 Å². The lowest BCUT2D eigenvalue weighted by atomic mass is 9.76. The maximum Gasteiger partial charge on any atom is 0.265 e. The minimum atomic E-state index is -1.35. The number of rotatable bonds is 14. The third-order valence-corrected chi connectivity index (χ3v) is 8.36. The Balaban J connectivity index is 1.79. The number of anilines is 2. The summed E-state index contributed by atoms with van der Waals surface area (Å²) in [6.07, 6.45) is 0.265. The normalized spacial score (nSPS) is 13.1. The standard InChI is InChI=1S/C36H46N2O5/c1-9-29(43-30-21-20-25(35(4,5)10-2)23-28(30)36(6,7)11-3)33(40)38-27-19-15-16-24(22-27)31(39)32(42-8)34(41)37-26-17-13-12-14-18-26/h12-23,29,32H,9-11H2,1-8H3,(H,37,41)(H,38,40). The van der Waals surface area contributed by atoms with Crippen molar-refractivity contribution in [2.45, 2.75) is 90.8 Å². The molecule has 0 heterocycles. The number of amides is 2. The summed E-state index contributed by atoms with van der Waals surface area (Å²) in [5.74, 6) is -0.722. The van der Waals surface area contributed by atoms with E-state index in [9.17, 15) is 14.4 Å². The first-order valence-corrected chi connectivity index (χ1v) is 15.0. The molecule has 0 saturated heterocycles. The van der Waals surface area contributed by atoms with E-state index in [2.05, 4.69) is 64.3 Å². The van der Waals surface area contributed by atoms with E-state index in [1.54, 1.807) is 48.5 Å². The van der Waals surface area contributed by atoms with Crippen molar-refractivity contribution in [3.8, 4) is 5.75 Å². The number of hydrogen-bond acceptors (Lipinski definition) is 5. The van der Waals surface area contributed by atoms with E-state index in [1.165, 1.54) is 12.7 Å². The Kier molecular flexibility index (Phi) is 11.3. The Bertz CT molecular complexity index is 1410. The maximum atomic E-state index is 13.4. The van der Waals surface area contributed by atoms with Crippen LogP contribution >= 0.6 is 0 Å². The Morgan fingerprint density at radius 3 is 1.98 bits per heavy atom. The van der Waals surface area contributed by atoms with Gasteiger partial charge in [-0.3, -0.25) is 14.4 Å². The monoisotopic (exact) mass is 586 g/mol. The Hall–Kier alpha value is -3.97. The number of hydrogen-bond donors (Lipinski definition) is 2. The van der Waals surface area contributed by atoms with Crippen molar-refractivity contribution in [2.75, 3.05) is 17.7 Å². The molecule has 0 aliphatic carbocycles. The zero-order valence-electron chi connectivity index (χ0n) is 26.7. The highest BCUT2D eigenvalue weighted by Crippen LogP contribution is 2.39. The number of methoxy groups -OCH3 is 1. The molecule has 2 amide bonds. The molecule has 0 aromatic heterocycles. The van der Waals surface area contributed by atoms with E-state index >= 15 is 0 Å². The Morgan fingerprint density at radius 2 is 1.37 bits per heavy atom. The van der Waals surface area contributed by atoms with Gasteiger partial charge in [0.15, 0.2) is 12.2 Å². The lowest BCUT2D eigenvalue weighted by molar-refractivity contribution is -0.123. The zero-order valence-corrected chi connectivity index (χ0v) is 26.7. The Labute approximate surface area is 256 Å². The number of nitrogens with one attached hydrogen (secondary N) is 2. The number of ether oxygens (including phenoxy) is 2. The first-order valence-electron chi connectivity index (χ1n) is 15.0. The van der Waals surface area contributed by atoms with Crippen LogP contribution in [-0.2, 0) is 25.2 Å². The minimum Gasteiger partial charge on any atom is -0.480 e. The second-order valence-corrected chi connectivity index (χ2v) is 12.1. The molecule has 2 unspecified atom stereocenters. The van der Waals surface area contributed by atoms with Gasteiger partial charge < -0.3 is 20.1 Å². The second kappa shape index (κ2) is 14.5. The van der Waals surface area contributed by atoms with Crippen LogP contribution in [0.15, 0.2) is 72.8 Å². The number of ketones is 1. The van der Waals surface area contributed by atoms with Gasteiger partial charge in [-0.1, -0.05) is 90.9 Å². The van der Waals surface area contributed by atoms with E-state index in [-0.39, 0.29) is 22.3 Å². The average Bonchev–Trinajstić information content (AvgIpc) is 3.00. The van der Waals surface area contributed by atoms with Crippen LogP contribution in [0.5, 0.6) is 5.75 Å². The average molecular weight is 587 g/mol. The highest BCUT2D eigenvalue weighted by Gasteiger charge is 2.30. The van der Waals surface area contributed by atoms with Gasteiger partial charge in [-0.05, 0) is 66.0 Å². The first-order chi connectivity index (χ1) is 20.4. The van der Waals surface area contributed by atoms with E-state index in [1.807, 2.05) is 19.1 Å². The summed E-state index contributed by atoms with van der Waals surface area (Å²) in [5, 5.41) is 5.59. The van der Waals surface area contributed by atoms with E-state index < -0.39 is 23.9 Å². The number of carbonyl (C=O) groups excluding carboxylic acids is 3. The van der Waals surface area contributed by atoms with Gasteiger partial charge in [-0.15, -0.1) is 0 Å². The zero-order chi connectivity index (χ0) is 31.8. The predicted octanol–water partition coefficient (Wildman–Crippen LogP) is 7.69. The number of carbonyl (C=O) groups is 3. The van der Waals surface area contributed by atoms with Crippen LogP contribution < -0.4 is 15.4 Å². The third-order valence-electron chi connectivity index (χ3n) is 8.36. The van der Waals surface area contributed by atoms with Crippen molar-refractivity contribution >= 4 is 29.0 Å². The van der Waals surface area contributed by atoms with Crippen molar-refractivity contribution in [1.82, 2.24) is 0 Å². The van der Waals surface area contributed by atoms with Gasteiger partial charge in [0, 0.05) is 29.6 Å². The van der Waals surface area contributed by atoms with Crippen LogP contribution in [0.25, 0.3) is 0 Å². The molecule has 2 atom stereocenters. The van der Waals surface area contributed by atoms with Crippen LogP contribution in [0.1, 0.15) is 89.2 Å². The summed E-state index contributed by atoms with van der Waals surface area (Å²) in [4.78, 5) is 39.4. The minimum absolute atomic E-state index is 0.0190. The SMILES string of the molecule is CCC(Oc1ccc(C(C)(C)CC)cc1C(C)(C)CC)C(=O)Nc1cccc(C(=O)C(OC)C(=O)Nc2ccccc2)c1. The number of Topliss-reactive ketones (excluding diaryl/α,β-unsaturated/α-hetero) is 1. The lowest BCUT2D eigenvalue weighted by Gasteiger charge is -2.31. The molecule has 3 aromatic rings. The molecule has 7 nitrogen and oxygen atoms in total. The molecule has 0 bridgehead atoms. The van der Waals surface area contributed by atoms with Crippen LogP contribution in [0, 0.1) is 0 Å². The Morgan fingerprint density at radius 1 is 0.744 bits per heavy atom. The summed E-state index contributed by atoms with van der Waals surface area (Å²) < 4.78 is 11.6. The topological polar surface area (TPSA) is 93.7 Å². The van der Waals surface area contributed by atoms with Crippen molar-refractivity contribution in [1.29, 1.82) is 0 Å². The molecule has 3 rings (SSSR count). The van der Waals surface area contributed by atoms with Gasteiger partial charge in [0.05, 0.1) is 0 Å². The highest BCUT2D eigenvalue weighted by atomic mass is 16.5. The van der Waals surface area contributed by atoms with Crippen LogP contribution in [-0.4, -0.2) is 36.9 Å². The molecule has 230 valence electrons. The van der Waals surface area contributed by atoms with Gasteiger partial charge in [-0.2, -0.15) is 0 Å². The summed E-state index contributed by atoms with van der Waals surface area (Å²) in [6.45, 7) is 15.1. The van der Waals surface area contributed by atoms with Gasteiger partial charge in [0.25, 0.3) is 11.8 Å². The molecule has 0 fully saturated rings. The molecule has 0 aliphatic rings. The number of para-hydroxylation sites is 1. The van der Waals surface area contributed by atoms with E-state index in [4.69, 9.17) is 9.47 Å². The molecular formula is C36H46N2O5. The summed E-state index contributed by atoms with van der Waals surface area (Å²) >= 11 is 0. The van der Waals surface area contributed by atoms with Crippen molar-refractivity contribution in [3.63, 3.8) is 0 Å². The fourth-order valence-electron chi connectivity index (χ4n) is 4.64. The highest BCUT2D eigenvalue weighted by molar-refractivity contribution is 6.16. The largest absolute Gasteiger partial charge is 0.480 e. The molecule has 0 radical (unpaired) electrons. The van der Waals surface area contributed by atoms with Gasteiger partial charge in [0.1, 0.15) is 5.75 Å².